The van der Waals surface area contributed by atoms with Crippen molar-refractivity contribution in [2.45, 2.75) is 25.4 Å². The zero-order valence-corrected chi connectivity index (χ0v) is 14.7. The van der Waals surface area contributed by atoms with E-state index in [1.807, 2.05) is 49.4 Å². The van der Waals surface area contributed by atoms with Crippen molar-refractivity contribution in [3.63, 3.8) is 0 Å². The molecule has 0 spiro atoms. The summed E-state index contributed by atoms with van der Waals surface area (Å²) in [5.41, 5.74) is 2.16. The van der Waals surface area contributed by atoms with E-state index in [0.29, 0.717) is 5.56 Å². The molecule has 3 rings (SSSR count). The lowest BCUT2D eigenvalue weighted by Gasteiger charge is -2.37. The predicted molar refractivity (Wildman–Crippen MR) is 94.5 cm³/mol. The van der Waals surface area contributed by atoms with E-state index in [9.17, 15) is 4.79 Å². The molecule has 3 nitrogen and oxygen atoms in total. The number of benzene rings is 2. The summed E-state index contributed by atoms with van der Waals surface area (Å²) >= 11 is 3.46. The second-order valence-corrected chi connectivity index (χ2v) is 6.82. The molecule has 2 aromatic rings. The number of ether oxygens (including phenoxy) is 1. The second kappa shape index (κ2) is 6.85. The summed E-state index contributed by atoms with van der Waals surface area (Å²) in [7, 11) is 0. The van der Waals surface area contributed by atoms with Gasteiger partial charge in [0.2, 0.25) is 0 Å². The maximum absolute atomic E-state index is 12.7. The molecule has 0 amide bonds. The Kier molecular flexibility index (Phi) is 4.83. The maximum Gasteiger partial charge on any atom is 0.339 e. The number of halogens is 1. The van der Waals surface area contributed by atoms with Crippen LogP contribution in [-0.4, -0.2) is 19.1 Å². The third kappa shape index (κ3) is 3.48. The quantitative estimate of drug-likeness (QED) is 0.819. The lowest BCUT2D eigenvalue weighted by atomic mass is 9.84. The monoisotopic (exact) mass is 373 g/mol. The highest BCUT2D eigenvalue weighted by atomic mass is 79.9. The van der Waals surface area contributed by atoms with E-state index in [4.69, 9.17) is 4.74 Å². The second-order valence-electron chi connectivity index (χ2n) is 5.96. The van der Waals surface area contributed by atoms with Gasteiger partial charge in [-0.1, -0.05) is 46.3 Å². The minimum atomic E-state index is -0.537. The molecule has 23 heavy (non-hydrogen) atoms. The summed E-state index contributed by atoms with van der Waals surface area (Å²) in [5, 5.41) is 3.34. The molecular formula is C19H20BrNO2. The van der Waals surface area contributed by atoms with Crippen LogP contribution in [0.15, 0.2) is 53.0 Å². The fourth-order valence-corrected chi connectivity index (χ4v) is 3.28. The fourth-order valence-electron chi connectivity index (χ4n) is 3.03. The molecule has 0 unspecified atom stereocenters. The van der Waals surface area contributed by atoms with Crippen molar-refractivity contribution in [3.8, 4) is 0 Å². The first-order valence-electron chi connectivity index (χ1n) is 7.86. The van der Waals surface area contributed by atoms with Crippen LogP contribution in [0.4, 0.5) is 0 Å². The van der Waals surface area contributed by atoms with Crippen LogP contribution >= 0.6 is 15.9 Å². The van der Waals surface area contributed by atoms with Gasteiger partial charge in [0.15, 0.2) is 0 Å². The van der Waals surface area contributed by atoms with Gasteiger partial charge in [-0.3, -0.25) is 0 Å². The van der Waals surface area contributed by atoms with Crippen molar-refractivity contribution in [3.05, 3.63) is 69.7 Å². The number of carbonyl (C=O) groups excluding carboxylic acids is 1. The standard InChI is InChI=1S/C19H20BrNO2/c1-14-13-15(7-8-17(14)20)18(22)23-19(9-11-21-12-10-19)16-5-3-2-4-6-16/h2-8,13,21H,9-12H2,1H3. The van der Waals surface area contributed by atoms with Gasteiger partial charge >= 0.3 is 5.97 Å². The van der Waals surface area contributed by atoms with Gasteiger partial charge in [-0.15, -0.1) is 0 Å². The van der Waals surface area contributed by atoms with Crippen LogP contribution in [0.1, 0.15) is 34.3 Å². The minimum absolute atomic E-state index is 0.258. The summed E-state index contributed by atoms with van der Waals surface area (Å²) in [6.45, 7) is 3.67. The molecule has 120 valence electrons. The van der Waals surface area contributed by atoms with Gasteiger partial charge < -0.3 is 10.1 Å². The number of rotatable bonds is 3. The van der Waals surface area contributed by atoms with Crippen LogP contribution in [0.5, 0.6) is 0 Å². The van der Waals surface area contributed by atoms with Gasteiger partial charge in [-0.05, 0) is 49.3 Å². The first kappa shape index (κ1) is 16.2. The molecule has 1 saturated heterocycles. The Labute approximate surface area is 145 Å². The van der Waals surface area contributed by atoms with E-state index in [-0.39, 0.29) is 5.97 Å². The normalized spacial score (nSPS) is 16.8. The third-order valence-electron chi connectivity index (χ3n) is 4.39. The number of piperidine rings is 1. The lowest BCUT2D eigenvalue weighted by Crippen LogP contribution is -2.43. The van der Waals surface area contributed by atoms with Gasteiger partial charge in [0, 0.05) is 17.3 Å². The Morgan fingerprint density at radius 1 is 1.13 bits per heavy atom. The van der Waals surface area contributed by atoms with Gasteiger partial charge in [0.1, 0.15) is 5.60 Å². The van der Waals surface area contributed by atoms with Crippen molar-refractivity contribution in [2.24, 2.45) is 0 Å². The zero-order chi connectivity index (χ0) is 16.3. The molecule has 1 N–H and O–H groups in total. The van der Waals surface area contributed by atoms with Gasteiger partial charge in [0.25, 0.3) is 0 Å². The van der Waals surface area contributed by atoms with Crippen LogP contribution in [0.3, 0.4) is 0 Å². The van der Waals surface area contributed by atoms with Crippen molar-refractivity contribution < 1.29 is 9.53 Å². The molecule has 1 aliphatic rings. The SMILES string of the molecule is Cc1cc(C(=O)OC2(c3ccccc3)CCNCC2)ccc1Br. The number of hydrogen-bond acceptors (Lipinski definition) is 3. The molecule has 0 aromatic heterocycles. The minimum Gasteiger partial charge on any atom is -0.450 e. The first-order valence-corrected chi connectivity index (χ1v) is 8.66. The van der Waals surface area contributed by atoms with Crippen molar-refractivity contribution in [2.75, 3.05) is 13.1 Å². The molecule has 0 bridgehead atoms. The van der Waals surface area contributed by atoms with E-state index in [1.165, 1.54) is 0 Å². The molecule has 2 aromatic carbocycles. The molecule has 0 aliphatic carbocycles. The first-order chi connectivity index (χ1) is 11.1. The molecule has 1 fully saturated rings. The number of hydrogen-bond donors (Lipinski definition) is 1. The Bertz CT molecular complexity index is 694. The third-order valence-corrected chi connectivity index (χ3v) is 5.28. The van der Waals surface area contributed by atoms with Gasteiger partial charge in [-0.2, -0.15) is 0 Å². The van der Waals surface area contributed by atoms with Gasteiger partial charge in [-0.25, -0.2) is 4.79 Å². The van der Waals surface area contributed by atoms with E-state index >= 15 is 0 Å². The Morgan fingerprint density at radius 3 is 2.48 bits per heavy atom. The fraction of sp³-hybridized carbons (Fsp3) is 0.316. The Hall–Kier alpha value is -1.65. The van der Waals surface area contributed by atoms with Crippen molar-refractivity contribution >= 4 is 21.9 Å². The van der Waals surface area contributed by atoms with E-state index in [0.717, 1.165) is 41.5 Å². The van der Waals surface area contributed by atoms with E-state index in [2.05, 4.69) is 21.2 Å². The molecule has 1 heterocycles. The number of carbonyl (C=O) groups is 1. The molecule has 0 radical (unpaired) electrons. The number of nitrogens with one attached hydrogen (secondary N) is 1. The molecule has 1 aliphatic heterocycles. The highest BCUT2D eigenvalue weighted by Crippen LogP contribution is 2.35. The van der Waals surface area contributed by atoms with Crippen molar-refractivity contribution in [1.29, 1.82) is 0 Å². The topological polar surface area (TPSA) is 38.3 Å². The largest absolute Gasteiger partial charge is 0.450 e. The maximum atomic E-state index is 12.7. The molecule has 0 saturated carbocycles. The summed E-state index contributed by atoms with van der Waals surface area (Å²) in [5.74, 6) is -0.258. The van der Waals surface area contributed by atoms with Crippen LogP contribution in [0.2, 0.25) is 0 Å². The van der Waals surface area contributed by atoms with Crippen LogP contribution in [0, 0.1) is 6.92 Å². The highest BCUT2D eigenvalue weighted by Gasteiger charge is 2.38. The Morgan fingerprint density at radius 2 is 1.83 bits per heavy atom. The molecular weight excluding hydrogens is 354 g/mol. The molecule has 0 atom stereocenters. The van der Waals surface area contributed by atoms with Gasteiger partial charge in [0.05, 0.1) is 5.56 Å². The Balaban J connectivity index is 1.89. The molecule has 4 heteroatoms. The average Bonchev–Trinajstić information content (AvgIpc) is 2.59. The summed E-state index contributed by atoms with van der Waals surface area (Å²) in [6.07, 6.45) is 1.58. The van der Waals surface area contributed by atoms with Crippen LogP contribution < -0.4 is 5.32 Å². The van der Waals surface area contributed by atoms with Crippen LogP contribution in [0.25, 0.3) is 0 Å². The predicted octanol–water partition coefficient (Wildman–Crippen LogP) is 4.19. The van der Waals surface area contributed by atoms with E-state index < -0.39 is 5.60 Å². The van der Waals surface area contributed by atoms with Crippen molar-refractivity contribution in [1.82, 2.24) is 5.32 Å². The summed E-state index contributed by atoms with van der Waals surface area (Å²) in [4.78, 5) is 12.7. The smallest absolute Gasteiger partial charge is 0.339 e. The van der Waals surface area contributed by atoms with Crippen LogP contribution in [-0.2, 0) is 10.3 Å². The highest BCUT2D eigenvalue weighted by molar-refractivity contribution is 9.10. The summed E-state index contributed by atoms with van der Waals surface area (Å²) in [6, 6.07) is 15.6. The average molecular weight is 374 g/mol. The lowest BCUT2D eigenvalue weighted by molar-refractivity contribution is -0.0378. The number of aryl methyl sites for hydroxylation is 1. The van der Waals surface area contributed by atoms with E-state index in [1.54, 1.807) is 6.07 Å². The summed E-state index contributed by atoms with van der Waals surface area (Å²) < 4.78 is 7.05. The zero-order valence-electron chi connectivity index (χ0n) is 13.1. The number of esters is 1.